The first-order valence-corrected chi connectivity index (χ1v) is 11.5. The summed E-state index contributed by atoms with van der Waals surface area (Å²) in [5, 5.41) is 0.603. The fourth-order valence-electron chi connectivity index (χ4n) is 3.25. The van der Waals surface area contributed by atoms with Crippen LogP contribution < -0.4 is 14.4 Å². The predicted octanol–water partition coefficient (Wildman–Crippen LogP) is 6.64. The number of carbonyl (C=O) groups is 1. The van der Waals surface area contributed by atoms with Crippen molar-refractivity contribution in [3.63, 3.8) is 0 Å². The van der Waals surface area contributed by atoms with Crippen LogP contribution in [0, 0.1) is 6.92 Å². The third-order valence-electron chi connectivity index (χ3n) is 5.01. The second-order valence-corrected chi connectivity index (χ2v) is 9.23. The molecule has 1 saturated heterocycles. The third kappa shape index (κ3) is 4.83. The zero-order chi connectivity index (χ0) is 22.7. The van der Waals surface area contributed by atoms with Crippen LogP contribution in [0.5, 0.6) is 11.5 Å². The van der Waals surface area contributed by atoms with E-state index in [2.05, 4.69) is 13.0 Å². The number of methoxy groups -OCH3 is 1. The fraction of sp³-hybridized carbons (Fsp3) is 0.120. The molecule has 0 radical (unpaired) electrons. The first kappa shape index (κ1) is 22.4. The molecule has 1 heterocycles. The minimum atomic E-state index is -0.166. The smallest absolute Gasteiger partial charge is 0.270 e. The Morgan fingerprint density at radius 1 is 1.06 bits per heavy atom. The molecule has 1 aliphatic rings. The van der Waals surface area contributed by atoms with Gasteiger partial charge in [0.15, 0.2) is 15.8 Å². The minimum absolute atomic E-state index is 0.166. The number of ether oxygens (including phenoxy) is 2. The van der Waals surface area contributed by atoms with Gasteiger partial charge in [-0.1, -0.05) is 65.9 Å². The summed E-state index contributed by atoms with van der Waals surface area (Å²) in [6.45, 7) is 2.50. The second kappa shape index (κ2) is 9.77. The Labute approximate surface area is 201 Å². The van der Waals surface area contributed by atoms with E-state index in [0.717, 1.165) is 11.1 Å². The van der Waals surface area contributed by atoms with Crippen molar-refractivity contribution in [2.24, 2.45) is 0 Å². The molecule has 3 aromatic rings. The van der Waals surface area contributed by atoms with Gasteiger partial charge in [-0.15, -0.1) is 0 Å². The average Bonchev–Trinajstić information content (AvgIpc) is 3.07. The fourth-order valence-corrected chi connectivity index (χ4v) is 4.68. The summed E-state index contributed by atoms with van der Waals surface area (Å²) in [7, 11) is 1.60. The average molecular weight is 482 g/mol. The Bertz CT molecular complexity index is 1210. The predicted molar refractivity (Wildman–Crippen MR) is 136 cm³/mol. The number of thioether (sulfide) groups is 1. The van der Waals surface area contributed by atoms with Crippen molar-refractivity contribution in [1.29, 1.82) is 0 Å². The molecule has 0 bridgehead atoms. The first-order chi connectivity index (χ1) is 15.5. The van der Waals surface area contributed by atoms with Crippen LogP contribution in [-0.2, 0) is 11.4 Å². The van der Waals surface area contributed by atoms with E-state index in [4.69, 9.17) is 33.3 Å². The minimum Gasteiger partial charge on any atom is -0.493 e. The van der Waals surface area contributed by atoms with Crippen LogP contribution in [0.3, 0.4) is 0 Å². The topological polar surface area (TPSA) is 38.8 Å². The number of rotatable bonds is 6. The summed E-state index contributed by atoms with van der Waals surface area (Å²) in [4.78, 5) is 15.0. The monoisotopic (exact) mass is 481 g/mol. The summed E-state index contributed by atoms with van der Waals surface area (Å²) in [5.41, 5.74) is 3.80. The Balaban J connectivity index is 1.53. The molecule has 0 spiro atoms. The van der Waals surface area contributed by atoms with Gasteiger partial charge >= 0.3 is 0 Å². The molecule has 1 amide bonds. The lowest BCUT2D eigenvalue weighted by Gasteiger charge is -2.14. The number of hydrogen-bond acceptors (Lipinski definition) is 5. The number of carbonyl (C=O) groups excluding carboxylic acids is 1. The van der Waals surface area contributed by atoms with Crippen LogP contribution in [0.2, 0.25) is 5.02 Å². The van der Waals surface area contributed by atoms with Crippen molar-refractivity contribution in [1.82, 2.24) is 0 Å². The van der Waals surface area contributed by atoms with Gasteiger partial charge in [-0.05, 0) is 66.1 Å². The molecule has 7 heteroatoms. The largest absolute Gasteiger partial charge is 0.493 e. The van der Waals surface area contributed by atoms with Gasteiger partial charge in [0.25, 0.3) is 5.91 Å². The number of hydrogen-bond donors (Lipinski definition) is 0. The zero-order valence-corrected chi connectivity index (χ0v) is 19.9. The number of amides is 1. The van der Waals surface area contributed by atoms with Gasteiger partial charge in [-0.3, -0.25) is 9.69 Å². The highest BCUT2D eigenvalue weighted by molar-refractivity contribution is 8.27. The van der Waals surface area contributed by atoms with Gasteiger partial charge < -0.3 is 9.47 Å². The lowest BCUT2D eigenvalue weighted by molar-refractivity contribution is -0.113. The van der Waals surface area contributed by atoms with E-state index >= 15 is 0 Å². The van der Waals surface area contributed by atoms with Gasteiger partial charge in [0.1, 0.15) is 6.61 Å². The van der Waals surface area contributed by atoms with Gasteiger partial charge in [0, 0.05) is 5.02 Å². The molecule has 162 valence electrons. The zero-order valence-electron chi connectivity index (χ0n) is 17.5. The molecule has 0 aromatic heterocycles. The number of benzene rings is 3. The maximum Gasteiger partial charge on any atom is 0.270 e. The number of halogens is 1. The van der Waals surface area contributed by atoms with Crippen molar-refractivity contribution < 1.29 is 14.3 Å². The highest BCUT2D eigenvalue weighted by Crippen LogP contribution is 2.37. The van der Waals surface area contributed by atoms with Crippen molar-refractivity contribution in [2.45, 2.75) is 13.5 Å². The highest BCUT2D eigenvalue weighted by Gasteiger charge is 2.33. The number of aryl methyl sites for hydroxylation is 1. The number of anilines is 1. The molecular formula is C25H20ClNO3S2. The summed E-state index contributed by atoms with van der Waals surface area (Å²) >= 11 is 12.7. The molecule has 0 unspecified atom stereocenters. The van der Waals surface area contributed by atoms with Gasteiger partial charge in [0.2, 0.25) is 0 Å². The standard InChI is InChI=1S/C25H20ClNO3S2/c1-16-5-3-4-6-18(16)15-30-21-12-7-17(13-22(21)29-2)14-23-24(28)27(25(31)32-23)20-10-8-19(26)9-11-20/h3-14H,15H2,1-2H3. The molecule has 1 fully saturated rings. The first-order valence-electron chi connectivity index (χ1n) is 9.85. The van der Waals surface area contributed by atoms with Crippen LogP contribution >= 0.6 is 35.6 Å². The van der Waals surface area contributed by atoms with Crippen LogP contribution in [0.4, 0.5) is 5.69 Å². The Kier molecular flexibility index (Phi) is 6.84. The quantitative estimate of drug-likeness (QED) is 0.291. The molecule has 0 aliphatic carbocycles. The van der Waals surface area contributed by atoms with E-state index in [-0.39, 0.29) is 5.91 Å². The lowest BCUT2D eigenvalue weighted by atomic mass is 10.1. The number of thiocarbonyl (C=S) groups is 1. The molecule has 32 heavy (non-hydrogen) atoms. The van der Waals surface area contributed by atoms with Gasteiger partial charge in [-0.2, -0.15) is 0 Å². The Morgan fingerprint density at radius 2 is 1.81 bits per heavy atom. The van der Waals surface area contributed by atoms with E-state index in [1.165, 1.54) is 22.2 Å². The van der Waals surface area contributed by atoms with Crippen molar-refractivity contribution in [3.8, 4) is 11.5 Å². The molecule has 4 nitrogen and oxygen atoms in total. The van der Waals surface area contributed by atoms with Crippen LogP contribution in [0.1, 0.15) is 16.7 Å². The van der Waals surface area contributed by atoms with Gasteiger partial charge in [0.05, 0.1) is 17.7 Å². The van der Waals surface area contributed by atoms with E-state index in [1.807, 2.05) is 42.5 Å². The Morgan fingerprint density at radius 3 is 2.53 bits per heavy atom. The second-order valence-electron chi connectivity index (χ2n) is 7.12. The molecule has 3 aromatic carbocycles. The van der Waals surface area contributed by atoms with Crippen molar-refractivity contribution in [3.05, 3.63) is 93.3 Å². The molecule has 0 saturated carbocycles. The van der Waals surface area contributed by atoms with E-state index < -0.39 is 0 Å². The van der Waals surface area contributed by atoms with Gasteiger partial charge in [-0.25, -0.2) is 0 Å². The molecular weight excluding hydrogens is 462 g/mol. The lowest BCUT2D eigenvalue weighted by Crippen LogP contribution is -2.27. The number of nitrogens with zero attached hydrogens (tertiary/aromatic N) is 1. The van der Waals surface area contributed by atoms with Crippen molar-refractivity contribution in [2.75, 3.05) is 12.0 Å². The summed E-state index contributed by atoms with van der Waals surface area (Å²) in [6.07, 6.45) is 1.81. The molecule has 4 rings (SSSR count). The maximum absolute atomic E-state index is 13.0. The summed E-state index contributed by atoms with van der Waals surface area (Å²) < 4.78 is 12.0. The molecule has 0 atom stereocenters. The van der Waals surface area contributed by atoms with Crippen LogP contribution in [0.15, 0.2) is 71.6 Å². The van der Waals surface area contributed by atoms with Crippen LogP contribution in [0.25, 0.3) is 6.08 Å². The molecule has 1 aliphatic heterocycles. The molecule has 0 N–H and O–H groups in total. The third-order valence-corrected chi connectivity index (χ3v) is 6.56. The van der Waals surface area contributed by atoms with Crippen LogP contribution in [-0.4, -0.2) is 17.3 Å². The van der Waals surface area contributed by atoms with E-state index in [0.29, 0.717) is 38.0 Å². The van der Waals surface area contributed by atoms with Crippen molar-refractivity contribution >= 4 is 57.6 Å². The SMILES string of the molecule is COc1cc(C=C2SC(=S)N(c3ccc(Cl)cc3)C2=O)ccc1OCc1ccccc1C. The Hall–Kier alpha value is -2.80. The highest BCUT2D eigenvalue weighted by atomic mass is 35.5. The maximum atomic E-state index is 13.0. The van der Waals surface area contributed by atoms with E-state index in [1.54, 1.807) is 31.4 Å². The van der Waals surface area contributed by atoms with E-state index in [9.17, 15) is 4.79 Å². The summed E-state index contributed by atoms with van der Waals surface area (Å²) in [6, 6.07) is 20.7. The normalized spacial score (nSPS) is 14.8. The summed E-state index contributed by atoms with van der Waals surface area (Å²) in [5.74, 6) is 1.07.